The molecule has 47 heavy (non-hydrogen) atoms. The first-order chi connectivity index (χ1) is 22.6. The summed E-state index contributed by atoms with van der Waals surface area (Å²) in [5, 5.41) is 18.8. The highest BCUT2D eigenvalue weighted by Gasteiger charge is 2.67. The number of aromatic nitrogens is 3. The predicted octanol–water partition coefficient (Wildman–Crippen LogP) is 6.07. The summed E-state index contributed by atoms with van der Waals surface area (Å²) < 4.78 is 25.1. The van der Waals surface area contributed by atoms with Crippen molar-refractivity contribution in [2.45, 2.75) is 69.0 Å². The normalized spacial score (nSPS) is 24.8. The van der Waals surface area contributed by atoms with Crippen LogP contribution in [0.15, 0.2) is 85.1 Å². The van der Waals surface area contributed by atoms with Gasteiger partial charge in [-0.2, -0.15) is 0 Å². The molecule has 4 aromatic rings. The van der Waals surface area contributed by atoms with E-state index in [-0.39, 0.29) is 24.3 Å². The van der Waals surface area contributed by atoms with Gasteiger partial charge in [0.1, 0.15) is 0 Å². The maximum absolute atomic E-state index is 16.4. The first-order valence-corrected chi connectivity index (χ1v) is 19.4. The van der Waals surface area contributed by atoms with Crippen LogP contribution in [0.25, 0.3) is 0 Å². The maximum Gasteiger partial charge on any atom is 0.268 e. The van der Waals surface area contributed by atoms with E-state index in [9.17, 15) is 14.7 Å². The number of benzene rings is 3. The molecular weight excluding hydrogens is 614 g/mol. The molecule has 1 unspecified atom stereocenters. The van der Waals surface area contributed by atoms with Gasteiger partial charge in [-0.15, -0.1) is 5.10 Å². The Kier molecular flexibility index (Phi) is 8.10. The Hall–Kier alpha value is -4.19. The summed E-state index contributed by atoms with van der Waals surface area (Å²) in [5.74, 6) is -0.959. The Morgan fingerprint density at radius 3 is 2.43 bits per heavy atom. The summed E-state index contributed by atoms with van der Waals surface area (Å²) in [4.78, 5) is 31.0. The van der Waals surface area contributed by atoms with Crippen molar-refractivity contribution >= 4 is 37.3 Å². The topological polar surface area (TPSA) is 101 Å². The fraction of sp³-hybridized carbons (Fsp3) is 0.389. The van der Waals surface area contributed by atoms with E-state index in [1.165, 1.54) is 0 Å². The number of aliphatic hydroxyl groups excluding tert-OH is 1. The molecule has 1 aromatic heterocycles. The summed E-state index contributed by atoms with van der Waals surface area (Å²) in [7, 11) is -3.39. The molecule has 0 aliphatic carbocycles. The molecular formula is C36H40FN5O4Si. The van der Waals surface area contributed by atoms with Crippen molar-refractivity contribution in [3.63, 3.8) is 0 Å². The summed E-state index contributed by atoms with van der Waals surface area (Å²) in [5.41, 5.74) is 2.50. The second-order valence-electron chi connectivity index (χ2n) is 13.4. The smallest absolute Gasteiger partial charge is 0.268 e. The van der Waals surface area contributed by atoms with Crippen molar-refractivity contribution in [3.05, 3.63) is 102 Å². The number of fused-ring (bicyclic) bond motifs is 2. The van der Waals surface area contributed by atoms with E-state index in [4.69, 9.17) is 4.74 Å². The summed E-state index contributed by atoms with van der Waals surface area (Å²) in [6.07, 6.45) is 2.96. The number of carbonyl (C=O) groups excluding carboxylic acids is 2. The van der Waals surface area contributed by atoms with Crippen LogP contribution >= 0.6 is 0 Å². The Bertz CT molecular complexity index is 1780. The third-order valence-electron chi connectivity index (χ3n) is 10.2. The molecule has 5 atom stereocenters. The number of halogens is 1. The van der Waals surface area contributed by atoms with Gasteiger partial charge in [0, 0.05) is 54.1 Å². The van der Waals surface area contributed by atoms with Crippen LogP contribution in [0.3, 0.4) is 0 Å². The van der Waals surface area contributed by atoms with E-state index in [0.717, 1.165) is 17.7 Å². The van der Waals surface area contributed by atoms with Gasteiger partial charge in [-0.05, 0) is 61.8 Å². The number of hydrogen-bond donors (Lipinski definition) is 1. The number of anilines is 3. The molecule has 3 aliphatic rings. The van der Waals surface area contributed by atoms with Gasteiger partial charge in [0.25, 0.3) is 5.91 Å². The number of nitrogens with zero attached hydrogens (tertiary/aromatic N) is 5. The van der Waals surface area contributed by atoms with E-state index < -0.39 is 31.6 Å². The number of aliphatic hydroxyl groups is 1. The van der Waals surface area contributed by atoms with Crippen LogP contribution in [0, 0.1) is 5.92 Å². The highest BCUT2D eigenvalue weighted by molar-refractivity contribution is 6.72. The van der Waals surface area contributed by atoms with E-state index in [1.54, 1.807) is 27.6 Å². The van der Waals surface area contributed by atoms with Gasteiger partial charge in [-0.1, -0.05) is 60.7 Å². The van der Waals surface area contributed by atoms with Gasteiger partial charge in [0.2, 0.25) is 14.3 Å². The molecule has 244 valence electrons. The molecule has 0 radical (unpaired) electrons. The number of aryl methyl sites for hydroxylation is 1. The molecule has 2 amide bonds. The average Bonchev–Trinajstić information content (AvgIpc) is 3.83. The SMILES string of the molecule is C[C@H]1[C@H]([Si](C)(C)F)[C@@H](CCn2cc(C(CO)c3ccccc3)nn2)O[C@]12C(=O)N(c1ccccc1)c1ccc(N3CCCC3=O)cc12. The standard InChI is InChI=1S/C36H40FN5O4Si/c1-24-34(47(2,3)37)32(18-20-40-22-30(38-39-40)28(23-43)25-11-6-4-7-12-25)46-36(24)29-21-27(41-19-10-15-33(41)44)16-17-31(29)42(35(36)45)26-13-8-5-9-14-26/h4-9,11-14,16-17,21-22,24,28,32,34,43H,10,15,18-20,23H2,1-3H3/t24-,28?,32+,34-,36+/m0/s1. The third kappa shape index (κ3) is 5.30. The zero-order valence-corrected chi connectivity index (χ0v) is 27.9. The first-order valence-electron chi connectivity index (χ1n) is 16.4. The van der Waals surface area contributed by atoms with Crippen LogP contribution in [0.2, 0.25) is 18.6 Å². The summed E-state index contributed by atoms with van der Waals surface area (Å²) >= 11 is 0. The lowest BCUT2D eigenvalue weighted by Crippen LogP contribution is -2.44. The van der Waals surface area contributed by atoms with Crippen LogP contribution in [0.4, 0.5) is 21.2 Å². The van der Waals surface area contributed by atoms with Gasteiger partial charge < -0.3 is 18.9 Å². The highest BCUT2D eigenvalue weighted by Crippen LogP contribution is 2.61. The molecule has 0 saturated carbocycles. The van der Waals surface area contributed by atoms with Crippen molar-refractivity contribution in [1.82, 2.24) is 15.0 Å². The molecule has 4 heterocycles. The lowest BCUT2D eigenvalue weighted by molar-refractivity contribution is -0.145. The number of para-hydroxylation sites is 1. The quantitative estimate of drug-likeness (QED) is 0.174. The van der Waals surface area contributed by atoms with Crippen molar-refractivity contribution in [2.75, 3.05) is 23.0 Å². The largest absolute Gasteiger partial charge is 0.395 e. The zero-order chi connectivity index (χ0) is 32.9. The minimum atomic E-state index is -3.39. The minimum Gasteiger partial charge on any atom is -0.395 e. The molecule has 3 aromatic carbocycles. The monoisotopic (exact) mass is 653 g/mol. The second-order valence-corrected chi connectivity index (χ2v) is 17.2. The lowest BCUT2D eigenvalue weighted by Gasteiger charge is -2.31. The molecule has 11 heteroatoms. The van der Waals surface area contributed by atoms with Crippen molar-refractivity contribution in [2.24, 2.45) is 5.92 Å². The summed E-state index contributed by atoms with van der Waals surface area (Å²) in [6.45, 7) is 6.24. The van der Waals surface area contributed by atoms with E-state index >= 15 is 4.11 Å². The highest BCUT2D eigenvalue weighted by atomic mass is 28.4. The number of amides is 2. The minimum absolute atomic E-state index is 0.0552. The molecule has 1 spiro atoms. The average molecular weight is 654 g/mol. The number of rotatable bonds is 9. The number of hydrogen-bond acceptors (Lipinski definition) is 6. The molecule has 7 rings (SSSR count). The Balaban J connectivity index is 1.24. The molecule has 0 bridgehead atoms. The van der Waals surface area contributed by atoms with Crippen LogP contribution in [-0.4, -0.2) is 59.6 Å². The van der Waals surface area contributed by atoms with Gasteiger partial charge in [-0.3, -0.25) is 19.2 Å². The fourth-order valence-corrected chi connectivity index (χ4v) is 10.6. The van der Waals surface area contributed by atoms with Crippen LogP contribution in [0.1, 0.15) is 48.9 Å². The van der Waals surface area contributed by atoms with E-state index in [2.05, 4.69) is 10.3 Å². The molecule has 1 N–H and O–H groups in total. The van der Waals surface area contributed by atoms with Gasteiger partial charge in [-0.25, -0.2) is 0 Å². The molecule has 9 nitrogen and oxygen atoms in total. The lowest BCUT2D eigenvalue weighted by atomic mass is 9.82. The Morgan fingerprint density at radius 2 is 1.77 bits per heavy atom. The van der Waals surface area contributed by atoms with Gasteiger partial charge in [0.05, 0.1) is 30.0 Å². The first kappa shape index (κ1) is 31.4. The zero-order valence-electron chi connectivity index (χ0n) is 26.9. The fourth-order valence-electron chi connectivity index (χ4n) is 8.05. The second kappa shape index (κ2) is 12.1. The Labute approximate surface area is 275 Å². The molecule has 2 saturated heterocycles. The van der Waals surface area contributed by atoms with Crippen molar-refractivity contribution < 1.29 is 23.5 Å². The maximum atomic E-state index is 16.4. The number of ether oxygens (including phenoxy) is 1. The third-order valence-corrected chi connectivity index (χ3v) is 12.6. The van der Waals surface area contributed by atoms with Crippen LogP contribution < -0.4 is 9.80 Å². The van der Waals surface area contributed by atoms with E-state index in [0.29, 0.717) is 48.6 Å². The van der Waals surface area contributed by atoms with Crippen LogP contribution in [0.5, 0.6) is 0 Å². The van der Waals surface area contributed by atoms with Crippen LogP contribution in [-0.2, 0) is 26.5 Å². The van der Waals surface area contributed by atoms with Crippen molar-refractivity contribution in [3.8, 4) is 0 Å². The number of carbonyl (C=O) groups is 2. The molecule has 3 aliphatic heterocycles. The van der Waals surface area contributed by atoms with Gasteiger partial charge in [0.15, 0.2) is 5.60 Å². The molecule has 2 fully saturated rings. The summed E-state index contributed by atoms with van der Waals surface area (Å²) in [6, 6.07) is 24.8. The van der Waals surface area contributed by atoms with Crippen molar-refractivity contribution in [1.29, 1.82) is 0 Å². The predicted molar refractivity (Wildman–Crippen MR) is 180 cm³/mol. The Morgan fingerprint density at radius 1 is 1.04 bits per heavy atom. The van der Waals surface area contributed by atoms with Gasteiger partial charge >= 0.3 is 0 Å². The van der Waals surface area contributed by atoms with E-state index in [1.807, 2.05) is 92.0 Å².